The molecule has 0 radical (unpaired) electrons. The van der Waals surface area contributed by atoms with Crippen molar-refractivity contribution in [3.63, 3.8) is 0 Å². The van der Waals surface area contributed by atoms with Crippen molar-refractivity contribution in [3.8, 4) is 11.5 Å². The summed E-state index contributed by atoms with van der Waals surface area (Å²) < 4.78 is 11.1. The highest BCUT2D eigenvalue weighted by Gasteiger charge is 2.11. The second-order valence-corrected chi connectivity index (χ2v) is 6.20. The Morgan fingerprint density at radius 1 is 1.19 bits per heavy atom. The fourth-order valence-corrected chi connectivity index (χ4v) is 2.90. The lowest BCUT2D eigenvalue weighted by molar-refractivity contribution is 0.171. The van der Waals surface area contributed by atoms with Gasteiger partial charge in [0, 0.05) is 4.88 Å². The predicted molar refractivity (Wildman–Crippen MR) is 86.4 cm³/mol. The zero-order valence-electron chi connectivity index (χ0n) is 12.7. The van der Waals surface area contributed by atoms with Crippen molar-refractivity contribution in [1.82, 2.24) is 0 Å². The van der Waals surface area contributed by atoms with Crippen molar-refractivity contribution in [2.24, 2.45) is 0 Å². The average molecular weight is 306 g/mol. The first-order valence-electron chi connectivity index (χ1n) is 7.15. The standard InChI is InChI=1S/C17H22O3S/c1-12(2)20-16-11-13(7-9-15(16)19-3)6-8-14(18)17-5-4-10-21-17/h4-5,7,9-12,14,18H,6,8H2,1-3H3. The van der Waals surface area contributed by atoms with Crippen molar-refractivity contribution >= 4 is 11.3 Å². The van der Waals surface area contributed by atoms with E-state index in [0.717, 1.165) is 28.4 Å². The first kappa shape index (κ1) is 15.9. The van der Waals surface area contributed by atoms with Gasteiger partial charge in [-0.1, -0.05) is 12.1 Å². The number of thiophene rings is 1. The summed E-state index contributed by atoms with van der Waals surface area (Å²) in [4.78, 5) is 1.02. The van der Waals surface area contributed by atoms with Crippen LogP contribution in [0, 0.1) is 0 Å². The third-order valence-electron chi connectivity index (χ3n) is 3.17. The summed E-state index contributed by atoms with van der Waals surface area (Å²) in [5.74, 6) is 1.50. The van der Waals surface area contributed by atoms with E-state index >= 15 is 0 Å². The van der Waals surface area contributed by atoms with E-state index in [1.165, 1.54) is 0 Å². The molecule has 1 N–H and O–H groups in total. The lowest BCUT2D eigenvalue weighted by Gasteiger charge is -2.15. The second-order valence-electron chi connectivity index (χ2n) is 5.22. The largest absolute Gasteiger partial charge is 0.493 e. The molecule has 3 nitrogen and oxygen atoms in total. The van der Waals surface area contributed by atoms with Crippen LogP contribution in [0.5, 0.6) is 11.5 Å². The van der Waals surface area contributed by atoms with Gasteiger partial charge in [0.1, 0.15) is 0 Å². The Morgan fingerprint density at radius 3 is 2.62 bits per heavy atom. The molecule has 0 bridgehead atoms. The van der Waals surface area contributed by atoms with Crippen LogP contribution in [0.25, 0.3) is 0 Å². The Morgan fingerprint density at radius 2 is 2.00 bits per heavy atom. The summed E-state index contributed by atoms with van der Waals surface area (Å²) in [5, 5.41) is 12.1. The van der Waals surface area contributed by atoms with Gasteiger partial charge in [0.25, 0.3) is 0 Å². The van der Waals surface area contributed by atoms with Gasteiger partial charge in [0.05, 0.1) is 19.3 Å². The minimum absolute atomic E-state index is 0.103. The van der Waals surface area contributed by atoms with Crippen LogP contribution in [0.1, 0.15) is 36.8 Å². The maximum Gasteiger partial charge on any atom is 0.161 e. The highest BCUT2D eigenvalue weighted by molar-refractivity contribution is 7.10. The van der Waals surface area contributed by atoms with E-state index in [9.17, 15) is 5.11 Å². The molecular formula is C17H22O3S. The molecule has 1 aromatic carbocycles. The fourth-order valence-electron chi connectivity index (χ4n) is 2.15. The topological polar surface area (TPSA) is 38.7 Å². The van der Waals surface area contributed by atoms with Crippen LogP contribution < -0.4 is 9.47 Å². The molecular weight excluding hydrogens is 284 g/mol. The molecule has 21 heavy (non-hydrogen) atoms. The zero-order valence-corrected chi connectivity index (χ0v) is 13.5. The number of rotatable bonds is 7. The lowest BCUT2D eigenvalue weighted by atomic mass is 10.1. The van der Waals surface area contributed by atoms with Crippen LogP contribution in [-0.2, 0) is 6.42 Å². The Labute approximate surface area is 130 Å². The molecule has 0 aliphatic rings. The van der Waals surface area contributed by atoms with Crippen molar-refractivity contribution in [3.05, 3.63) is 46.2 Å². The molecule has 1 heterocycles. The van der Waals surface area contributed by atoms with Crippen molar-refractivity contribution in [2.45, 2.75) is 38.9 Å². The van der Waals surface area contributed by atoms with Crippen LogP contribution in [0.3, 0.4) is 0 Å². The van der Waals surface area contributed by atoms with E-state index in [1.807, 2.05) is 49.6 Å². The molecule has 1 atom stereocenters. The normalized spacial score (nSPS) is 12.4. The monoisotopic (exact) mass is 306 g/mol. The summed E-state index contributed by atoms with van der Waals surface area (Å²) in [6.07, 6.45) is 1.21. The SMILES string of the molecule is COc1ccc(CCC(O)c2cccs2)cc1OC(C)C. The number of benzene rings is 1. The minimum Gasteiger partial charge on any atom is -0.493 e. The number of aliphatic hydroxyl groups excluding tert-OH is 1. The Balaban J connectivity index is 2.03. The molecule has 0 fully saturated rings. The molecule has 0 aliphatic carbocycles. The van der Waals surface area contributed by atoms with Gasteiger partial charge in [0.2, 0.25) is 0 Å². The molecule has 0 aliphatic heterocycles. The first-order chi connectivity index (χ1) is 10.1. The van der Waals surface area contributed by atoms with Crippen LogP contribution in [-0.4, -0.2) is 18.3 Å². The predicted octanol–water partition coefficient (Wildman–Crippen LogP) is 4.21. The molecule has 2 rings (SSSR count). The highest BCUT2D eigenvalue weighted by atomic mass is 32.1. The number of aryl methyl sites for hydroxylation is 1. The molecule has 1 unspecified atom stereocenters. The number of aliphatic hydroxyl groups is 1. The second kappa shape index (κ2) is 7.48. The van der Waals surface area contributed by atoms with E-state index in [4.69, 9.17) is 9.47 Å². The van der Waals surface area contributed by atoms with Gasteiger partial charge < -0.3 is 14.6 Å². The zero-order chi connectivity index (χ0) is 15.2. The summed E-state index contributed by atoms with van der Waals surface area (Å²) in [5.41, 5.74) is 1.14. The van der Waals surface area contributed by atoms with Crippen molar-refractivity contribution in [1.29, 1.82) is 0 Å². The van der Waals surface area contributed by atoms with Crippen LogP contribution in [0.4, 0.5) is 0 Å². The summed E-state index contributed by atoms with van der Waals surface area (Å²) >= 11 is 1.59. The third kappa shape index (κ3) is 4.48. The molecule has 2 aromatic rings. The lowest BCUT2D eigenvalue weighted by Crippen LogP contribution is -2.07. The Bertz CT molecular complexity index is 549. The maximum atomic E-state index is 10.1. The van der Waals surface area contributed by atoms with E-state index in [2.05, 4.69) is 0 Å². The van der Waals surface area contributed by atoms with Gasteiger partial charge in [-0.2, -0.15) is 0 Å². The van der Waals surface area contributed by atoms with Crippen molar-refractivity contribution < 1.29 is 14.6 Å². The molecule has 114 valence electrons. The first-order valence-corrected chi connectivity index (χ1v) is 8.03. The molecule has 1 aromatic heterocycles. The van der Waals surface area contributed by atoms with Gasteiger partial charge >= 0.3 is 0 Å². The third-order valence-corrected chi connectivity index (χ3v) is 4.14. The highest BCUT2D eigenvalue weighted by Crippen LogP contribution is 2.30. The smallest absolute Gasteiger partial charge is 0.161 e. The minimum atomic E-state index is -0.401. The van der Waals surface area contributed by atoms with Gasteiger partial charge in [0.15, 0.2) is 11.5 Å². The molecule has 0 spiro atoms. The van der Waals surface area contributed by atoms with E-state index in [1.54, 1.807) is 18.4 Å². The molecule has 0 amide bonds. The molecule has 4 heteroatoms. The summed E-state index contributed by atoms with van der Waals surface area (Å²) in [6.45, 7) is 3.99. The van der Waals surface area contributed by atoms with Gasteiger partial charge in [-0.05, 0) is 55.8 Å². The fraction of sp³-hybridized carbons (Fsp3) is 0.412. The van der Waals surface area contributed by atoms with E-state index < -0.39 is 6.10 Å². The number of methoxy groups -OCH3 is 1. The Hall–Kier alpha value is -1.52. The number of hydrogen-bond donors (Lipinski definition) is 1. The van der Waals surface area contributed by atoms with Gasteiger partial charge in [-0.15, -0.1) is 11.3 Å². The van der Waals surface area contributed by atoms with Crippen LogP contribution in [0.2, 0.25) is 0 Å². The summed E-state index contributed by atoms with van der Waals surface area (Å²) in [7, 11) is 1.64. The van der Waals surface area contributed by atoms with Crippen molar-refractivity contribution in [2.75, 3.05) is 7.11 Å². The van der Waals surface area contributed by atoms with Gasteiger partial charge in [-0.25, -0.2) is 0 Å². The Kier molecular flexibility index (Phi) is 5.65. The maximum absolute atomic E-state index is 10.1. The van der Waals surface area contributed by atoms with Crippen LogP contribution in [0.15, 0.2) is 35.7 Å². The number of ether oxygens (including phenoxy) is 2. The molecule has 0 saturated heterocycles. The van der Waals surface area contributed by atoms with Gasteiger partial charge in [-0.3, -0.25) is 0 Å². The number of hydrogen-bond acceptors (Lipinski definition) is 4. The average Bonchev–Trinajstić information content (AvgIpc) is 2.98. The summed E-state index contributed by atoms with van der Waals surface area (Å²) in [6, 6.07) is 9.87. The van der Waals surface area contributed by atoms with E-state index in [0.29, 0.717) is 6.42 Å². The molecule has 0 saturated carbocycles. The van der Waals surface area contributed by atoms with E-state index in [-0.39, 0.29) is 6.10 Å². The quantitative estimate of drug-likeness (QED) is 0.833. The van der Waals surface area contributed by atoms with Crippen LogP contribution >= 0.6 is 11.3 Å².